The predicted octanol–water partition coefficient (Wildman–Crippen LogP) is 3.69. The molecule has 0 saturated heterocycles. The molecule has 2 aromatic rings. The molecule has 100 valence electrons. The third-order valence-electron chi connectivity index (χ3n) is 2.94. The van der Waals surface area contributed by atoms with Gasteiger partial charge in [0.1, 0.15) is 4.88 Å². The van der Waals surface area contributed by atoms with Crippen molar-refractivity contribution in [3.05, 3.63) is 45.9 Å². The molecule has 19 heavy (non-hydrogen) atoms. The maximum Gasteiger partial charge on any atom is 0.347 e. The quantitative estimate of drug-likeness (QED) is 0.935. The lowest BCUT2D eigenvalue weighted by Gasteiger charge is -2.24. The molecule has 1 aromatic heterocycles. The summed E-state index contributed by atoms with van der Waals surface area (Å²) in [5.41, 5.74) is 1.10. The Morgan fingerprint density at radius 2 is 2.05 bits per heavy atom. The van der Waals surface area contributed by atoms with Crippen LogP contribution in [0.5, 0.6) is 0 Å². The fourth-order valence-electron chi connectivity index (χ4n) is 1.66. The van der Waals surface area contributed by atoms with E-state index in [1.54, 1.807) is 0 Å². The second-order valence-electron chi connectivity index (χ2n) is 4.15. The summed E-state index contributed by atoms with van der Waals surface area (Å²) in [6, 6.07) is 7.67. The van der Waals surface area contributed by atoms with Gasteiger partial charge in [-0.05, 0) is 24.6 Å². The van der Waals surface area contributed by atoms with Crippen LogP contribution >= 0.6 is 22.9 Å². The normalized spacial score (nSPS) is 12.2. The first kappa shape index (κ1) is 13.8. The minimum absolute atomic E-state index is 0.0880. The summed E-state index contributed by atoms with van der Waals surface area (Å²) in [6.07, 6.45) is 1.38. The van der Waals surface area contributed by atoms with E-state index in [0.29, 0.717) is 10.2 Å². The Balaban J connectivity index is 2.20. The maximum atomic E-state index is 10.9. The van der Waals surface area contributed by atoms with Crippen LogP contribution in [0.4, 0.5) is 5.13 Å². The van der Waals surface area contributed by atoms with Gasteiger partial charge >= 0.3 is 5.97 Å². The van der Waals surface area contributed by atoms with Crippen molar-refractivity contribution < 1.29 is 9.90 Å². The lowest BCUT2D eigenvalue weighted by atomic mass is 10.1. The number of rotatable bonds is 4. The zero-order valence-electron chi connectivity index (χ0n) is 10.5. The molecule has 0 spiro atoms. The summed E-state index contributed by atoms with van der Waals surface area (Å²) in [5.74, 6) is -0.948. The van der Waals surface area contributed by atoms with E-state index in [-0.39, 0.29) is 10.9 Å². The third-order valence-corrected chi connectivity index (χ3v) is 4.27. The van der Waals surface area contributed by atoms with Gasteiger partial charge in [-0.25, -0.2) is 9.78 Å². The van der Waals surface area contributed by atoms with Crippen molar-refractivity contribution in [2.45, 2.75) is 13.0 Å². The number of halogens is 1. The molecule has 1 N–H and O–H groups in total. The van der Waals surface area contributed by atoms with Crippen LogP contribution in [0.15, 0.2) is 30.5 Å². The summed E-state index contributed by atoms with van der Waals surface area (Å²) in [6.45, 7) is 2.03. The summed E-state index contributed by atoms with van der Waals surface area (Å²) < 4.78 is 0. The molecule has 2 rings (SSSR count). The van der Waals surface area contributed by atoms with Gasteiger partial charge in [-0.3, -0.25) is 0 Å². The number of anilines is 1. The van der Waals surface area contributed by atoms with E-state index in [9.17, 15) is 4.79 Å². The smallest absolute Gasteiger partial charge is 0.347 e. The van der Waals surface area contributed by atoms with E-state index in [1.165, 1.54) is 6.20 Å². The molecule has 1 aromatic carbocycles. The Hall–Kier alpha value is -1.59. The summed E-state index contributed by atoms with van der Waals surface area (Å²) in [4.78, 5) is 17.2. The number of hydrogen-bond donors (Lipinski definition) is 1. The first-order chi connectivity index (χ1) is 8.99. The van der Waals surface area contributed by atoms with Gasteiger partial charge in [-0.15, -0.1) is 0 Å². The van der Waals surface area contributed by atoms with Crippen molar-refractivity contribution in [2.75, 3.05) is 11.9 Å². The van der Waals surface area contributed by atoms with Gasteiger partial charge in [0.25, 0.3) is 0 Å². The van der Waals surface area contributed by atoms with Crippen LogP contribution in [0.1, 0.15) is 28.2 Å². The molecule has 0 radical (unpaired) electrons. The SMILES string of the molecule is CC(c1ccc(Cl)cc1)N(C)c1ncc(C(=O)O)s1. The van der Waals surface area contributed by atoms with Gasteiger partial charge in [-0.2, -0.15) is 0 Å². The van der Waals surface area contributed by atoms with E-state index in [4.69, 9.17) is 16.7 Å². The molecule has 1 heterocycles. The summed E-state index contributed by atoms with van der Waals surface area (Å²) in [7, 11) is 1.89. The molecule has 0 aliphatic carbocycles. The highest BCUT2D eigenvalue weighted by Crippen LogP contribution is 2.29. The van der Waals surface area contributed by atoms with Crippen LogP contribution in [-0.2, 0) is 0 Å². The second kappa shape index (κ2) is 5.59. The molecule has 0 amide bonds. The van der Waals surface area contributed by atoms with E-state index in [1.807, 2.05) is 43.1 Å². The van der Waals surface area contributed by atoms with Gasteiger partial charge in [0.05, 0.1) is 12.2 Å². The highest BCUT2D eigenvalue weighted by Gasteiger charge is 2.17. The van der Waals surface area contributed by atoms with Crippen LogP contribution < -0.4 is 4.90 Å². The molecule has 0 fully saturated rings. The van der Waals surface area contributed by atoms with Crippen LogP contribution in [0, 0.1) is 0 Å². The van der Waals surface area contributed by atoms with Crippen LogP contribution in [0.3, 0.4) is 0 Å². The number of carboxylic acids is 1. The fourth-order valence-corrected chi connectivity index (χ4v) is 2.58. The molecule has 0 aliphatic heterocycles. The van der Waals surface area contributed by atoms with Crippen LogP contribution in [0.25, 0.3) is 0 Å². The van der Waals surface area contributed by atoms with E-state index in [0.717, 1.165) is 16.9 Å². The number of benzene rings is 1. The molecule has 4 nitrogen and oxygen atoms in total. The van der Waals surface area contributed by atoms with E-state index < -0.39 is 5.97 Å². The van der Waals surface area contributed by atoms with Gasteiger partial charge in [-0.1, -0.05) is 35.1 Å². The Labute approximate surface area is 120 Å². The lowest BCUT2D eigenvalue weighted by molar-refractivity contribution is 0.0702. The number of thiazole rings is 1. The van der Waals surface area contributed by atoms with Gasteiger partial charge in [0.2, 0.25) is 0 Å². The topological polar surface area (TPSA) is 53.4 Å². The Bertz CT molecular complexity index is 583. The first-order valence-corrected chi connectivity index (χ1v) is 6.86. The number of aromatic carboxylic acids is 1. The van der Waals surface area contributed by atoms with Crippen molar-refractivity contribution in [2.24, 2.45) is 0 Å². The second-order valence-corrected chi connectivity index (χ2v) is 5.60. The first-order valence-electron chi connectivity index (χ1n) is 5.66. The molecule has 1 atom stereocenters. The molecule has 0 bridgehead atoms. The Morgan fingerprint density at radius 3 is 2.58 bits per heavy atom. The largest absolute Gasteiger partial charge is 0.477 e. The lowest BCUT2D eigenvalue weighted by Crippen LogP contribution is -2.21. The number of aromatic nitrogens is 1. The molecule has 0 saturated carbocycles. The highest BCUT2D eigenvalue weighted by atomic mass is 35.5. The molecular formula is C13H13ClN2O2S. The van der Waals surface area contributed by atoms with Crippen molar-refractivity contribution in [3.8, 4) is 0 Å². The summed E-state index contributed by atoms with van der Waals surface area (Å²) in [5, 5.41) is 10.3. The van der Waals surface area contributed by atoms with Gasteiger partial charge in [0, 0.05) is 12.1 Å². The van der Waals surface area contributed by atoms with Crippen LogP contribution in [-0.4, -0.2) is 23.1 Å². The fraction of sp³-hybridized carbons (Fsp3) is 0.231. The summed E-state index contributed by atoms with van der Waals surface area (Å²) >= 11 is 7.03. The van der Waals surface area contributed by atoms with E-state index in [2.05, 4.69) is 4.98 Å². The minimum atomic E-state index is -0.948. The number of carboxylic acid groups (broad SMARTS) is 1. The molecule has 1 unspecified atom stereocenters. The average Bonchev–Trinajstić information content (AvgIpc) is 2.87. The zero-order valence-corrected chi connectivity index (χ0v) is 12.1. The number of hydrogen-bond acceptors (Lipinski definition) is 4. The molecular weight excluding hydrogens is 284 g/mol. The van der Waals surface area contributed by atoms with Crippen molar-refractivity contribution in [1.82, 2.24) is 4.98 Å². The molecule has 6 heteroatoms. The monoisotopic (exact) mass is 296 g/mol. The minimum Gasteiger partial charge on any atom is -0.477 e. The Morgan fingerprint density at radius 1 is 1.42 bits per heavy atom. The number of carbonyl (C=O) groups is 1. The van der Waals surface area contributed by atoms with Gasteiger partial charge in [0.15, 0.2) is 5.13 Å². The predicted molar refractivity (Wildman–Crippen MR) is 77.3 cm³/mol. The van der Waals surface area contributed by atoms with Crippen molar-refractivity contribution >= 4 is 34.0 Å². The third kappa shape index (κ3) is 3.05. The average molecular weight is 297 g/mol. The molecule has 0 aliphatic rings. The number of nitrogens with zero attached hydrogens (tertiary/aromatic N) is 2. The van der Waals surface area contributed by atoms with E-state index >= 15 is 0 Å². The van der Waals surface area contributed by atoms with Crippen LogP contribution in [0.2, 0.25) is 5.02 Å². The van der Waals surface area contributed by atoms with Crippen molar-refractivity contribution in [3.63, 3.8) is 0 Å². The Kier molecular flexibility index (Phi) is 4.07. The maximum absolute atomic E-state index is 10.9. The van der Waals surface area contributed by atoms with Crippen molar-refractivity contribution in [1.29, 1.82) is 0 Å². The standard InChI is InChI=1S/C13H13ClN2O2S/c1-8(9-3-5-10(14)6-4-9)16(2)13-15-7-11(19-13)12(17)18/h3-8H,1-2H3,(H,17,18). The highest BCUT2D eigenvalue weighted by molar-refractivity contribution is 7.17. The zero-order chi connectivity index (χ0) is 14.0. The van der Waals surface area contributed by atoms with Gasteiger partial charge < -0.3 is 10.0 Å².